The average Bonchev–Trinajstić information content (AvgIpc) is 3.70. The summed E-state index contributed by atoms with van der Waals surface area (Å²) in [6, 6.07) is 0. The molecular formula is C33H55N3O6. The molecule has 2 aliphatic carbocycles. The summed E-state index contributed by atoms with van der Waals surface area (Å²) in [4.78, 5) is 42.1. The molecule has 7 unspecified atom stereocenters. The number of carbonyl (C=O) groups is 3. The Morgan fingerprint density at radius 2 is 1.90 bits per heavy atom. The molecule has 0 bridgehead atoms. The largest absolute Gasteiger partial charge is 0.463 e. The summed E-state index contributed by atoms with van der Waals surface area (Å²) in [5.74, 6) is -1.47. The van der Waals surface area contributed by atoms with Crippen molar-refractivity contribution >= 4 is 17.5 Å². The molecule has 0 spiro atoms. The lowest BCUT2D eigenvalue weighted by Gasteiger charge is -2.37. The first-order valence-electron chi connectivity index (χ1n) is 16.7. The molecule has 0 aromatic heterocycles. The number of aliphatic hydroxyl groups excluding tert-OH is 1. The SMILES string of the molecule is CCCCC(CNCCC)COC(=O)C12OC1(CC(CO)=C(C)CCC1CCNC(N)C1)C(=O)C1CCCCC1C2=O. The molecule has 0 aromatic carbocycles. The Morgan fingerprint density at radius 3 is 2.57 bits per heavy atom. The Morgan fingerprint density at radius 1 is 1.17 bits per heavy atom. The molecule has 4 fully saturated rings. The van der Waals surface area contributed by atoms with E-state index in [1.165, 1.54) is 0 Å². The Labute approximate surface area is 252 Å². The second kappa shape index (κ2) is 14.9. The summed E-state index contributed by atoms with van der Waals surface area (Å²) in [7, 11) is 0. The van der Waals surface area contributed by atoms with Gasteiger partial charge in [-0.2, -0.15) is 0 Å². The van der Waals surface area contributed by atoms with Gasteiger partial charge in [0.05, 0.1) is 19.4 Å². The number of carbonyl (C=O) groups excluding carboxylic acids is 3. The molecule has 9 nitrogen and oxygen atoms in total. The lowest BCUT2D eigenvalue weighted by Crippen LogP contribution is -2.58. The van der Waals surface area contributed by atoms with Crippen molar-refractivity contribution < 1.29 is 29.0 Å². The maximum Gasteiger partial charge on any atom is 0.350 e. The van der Waals surface area contributed by atoms with Crippen LogP contribution in [0.25, 0.3) is 0 Å². The standard InChI is InChI=1S/C33H55N3O6/c1-4-6-9-24(19-35-15-5-2)21-41-31(40)33-30(39)27-11-8-7-10-26(27)29(38)32(33,42-33)18-25(20-37)22(3)12-13-23-14-16-36-28(34)17-23/h23-24,26-28,35-37H,4-21,34H2,1-3H3. The van der Waals surface area contributed by atoms with Gasteiger partial charge < -0.3 is 30.9 Å². The zero-order valence-corrected chi connectivity index (χ0v) is 26.2. The fourth-order valence-corrected chi connectivity index (χ4v) is 7.63. The molecule has 4 rings (SSSR count). The van der Waals surface area contributed by atoms with Crippen molar-refractivity contribution in [2.75, 3.05) is 32.8 Å². The van der Waals surface area contributed by atoms with Gasteiger partial charge in [0.25, 0.3) is 5.60 Å². The first-order valence-corrected chi connectivity index (χ1v) is 16.7. The Kier molecular flexibility index (Phi) is 11.8. The third kappa shape index (κ3) is 6.85. The van der Waals surface area contributed by atoms with E-state index in [0.717, 1.165) is 89.4 Å². The molecule has 4 aliphatic rings. The molecule has 0 aromatic rings. The number of Topliss-reactive ketones (excluding diaryl/α,β-unsaturated/α-hetero) is 2. The van der Waals surface area contributed by atoms with E-state index in [-0.39, 0.29) is 43.3 Å². The summed E-state index contributed by atoms with van der Waals surface area (Å²) < 4.78 is 12.1. The zero-order chi connectivity index (χ0) is 30.3. The van der Waals surface area contributed by atoms with Crippen molar-refractivity contribution in [1.29, 1.82) is 0 Å². The van der Waals surface area contributed by atoms with E-state index in [9.17, 15) is 19.5 Å². The van der Waals surface area contributed by atoms with Crippen LogP contribution in [0.1, 0.15) is 104 Å². The van der Waals surface area contributed by atoms with Crippen LogP contribution >= 0.6 is 0 Å². The second-order valence-electron chi connectivity index (χ2n) is 13.4. The van der Waals surface area contributed by atoms with E-state index >= 15 is 0 Å². The minimum Gasteiger partial charge on any atom is -0.463 e. The van der Waals surface area contributed by atoms with Crippen LogP contribution in [-0.4, -0.2) is 72.9 Å². The van der Waals surface area contributed by atoms with Crippen molar-refractivity contribution in [3.8, 4) is 0 Å². The Balaban J connectivity index is 1.53. The normalized spacial score (nSPS) is 33.8. The van der Waals surface area contributed by atoms with Crippen LogP contribution in [0.5, 0.6) is 0 Å². The van der Waals surface area contributed by atoms with Gasteiger partial charge in [0.15, 0.2) is 17.2 Å². The van der Waals surface area contributed by atoms with Crippen LogP contribution in [0, 0.1) is 23.7 Å². The van der Waals surface area contributed by atoms with Gasteiger partial charge in [-0.15, -0.1) is 0 Å². The van der Waals surface area contributed by atoms with E-state index in [0.29, 0.717) is 24.3 Å². The molecule has 7 atom stereocenters. The molecular weight excluding hydrogens is 534 g/mol. The van der Waals surface area contributed by atoms with Gasteiger partial charge in [0, 0.05) is 30.7 Å². The van der Waals surface area contributed by atoms with Crippen molar-refractivity contribution in [3.05, 3.63) is 11.1 Å². The molecule has 2 saturated heterocycles. The number of epoxide rings is 1. The van der Waals surface area contributed by atoms with E-state index in [1.54, 1.807) is 0 Å². The maximum atomic E-state index is 14.1. The number of fused-ring (bicyclic) bond motifs is 2. The van der Waals surface area contributed by atoms with Crippen LogP contribution < -0.4 is 16.4 Å². The van der Waals surface area contributed by atoms with Crippen LogP contribution in [0.2, 0.25) is 0 Å². The molecule has 5 N–H and O–H groups in total. The van der Waals surface area contributed by atoms with Crippen molar-refractivity contribution in [2.24, 2.45) is 29.4 Å². The number of esters is 1. The van der Waals surface area contributed by atoms with Gasteiger partial charge in [-0.25, -0.2) is 4.79 Å². The quantitative estimate of drug-likeness (QED) is 0.0698. The third-order valence-electron chi connectivity index (χ3n) is 10.3. The predicted molar refractivity (Wildman–Crippen MR) is 161 cm³/mol. The number of ether oxygens (including phenoxy) is 2. The third-order valence-corrected chi connectivity index (χ3v) is 10.3. The number of hydrogen-bond donors (Lipinski definition) is 4. The summed E-state index contributed by atoms with van der Waals surface area (Å²) in [6.07, 6.45) is 10.7. The van der Waals surface area contributed by atoms with Gasteiger partial charge in [0.2, 0.25) is 0 Å². The lowest BCUT2D eigenvalue weighted by atomic mass is 9.60. The first kappa shape index (κ1) is 33.2. The summed E-state index contributed by atoms with van der Waals surface area (Å²) in [5, 5.41) is 17.1. The number of rotatable bonds is 16. The molecule has 238 valence electrons. The van der Waals surface area contributed by atoms with Gasteiger partial charge in [-0.05, 0) is 82.9 Å². The van der Waals surface area contributed by atoms with Gasteiger partial charge in [0.1, 0.15) is 0 Å². The van der Waals surface area contributed by atoms with Crippen LogP contribution in [0.4, 0.5) is 0 Å². The molecule has 0 amide bonds. The molecule has 2 heterocycles. The minimum atomic E-state index is -1.89. The smallest absolute Gasteiger partial charge is 0.350 e. The van der Waals surface area contributed by atoms with Crippen LogP contribution in [-0.2, 0) is 23.9 Å². The zero-order valence-electron chi connectivity index (χ0n) is 26.2. The Hall–Kier alpha value is -1.65. The van der Waals surface area contributed by atoms with Gasteiger partial charge in [-0.1, -0.05) is 45.1 Å². The highest BCUT2D eigenvalue weighted by Crippen LogP contribution is 2.62. The number of unbranched alkanes of at least 4 members (excludes halogenated alkanes) is 1. The number of aliphatic hydroxyl groups is 1. The van der Waals surface area contributed by atoms with E-state index in [1.807, 2.05) is 6.92 Å². The molecule has 2 aliphatic heterocycles. The summed E-state index contributed by atoms with van der Waals surface area (Å²) >= 11 is 0. The van der Waals surface area contributed by atoms with E-state index < -0.39 is 29.0 Å². The number of nitrogens with one attached hydrogen (secondary N) is 2. The maximum absolute atomic E-state index is 14.1. The lowest BCUT2D eigenvalue weighted by molar-refractivity contribution is -0.159. The van der Waals surface area contributed by atoms with Gasteiger partial charge in [-0.3, -0.25) is 9.59 Å². The average molecular weight is 590 g/mol. The molecule has 9 heteroatoms. The topological polar surface area (TPSA) is 143 Å². The number of piperidine rings is 1. The highest BCUT2D eigenvalue weighted by Gasteiger charge is 2.87. The number of allylic oxidation sites excluding steroid dienone is 1. The van der Waals surface area contributed by atoms with E-state index in [4.69, 9.17) is 15.2 Å². The van der Waals surface area contributed by atoms with E-state index in [2.05, 4.69) is 24.5 Å². The molecule has 2 saturated carbocycles. The summed E-state index contributed by atoms with van der Waals surface area (Å²) in [6.45, 7) is 8.69. The molecule has 0 radical (unpaired) electrons. The van der Waals surface area contributed by atoms with Gasteiger partial charge >= 0.3 is 5.97 Å². The number of nitrogens with two attached hydrogens (primary N) is 1. The second-order valence-corrected chi connectivity index (χ2v) is 13.4. The predicted octanol–water partition coefficient (Wildman–Crippen LogP) is 3.57. The highest BCUT2D eigenvalue weighted by molar-refractivity contribution is 6.23. The highest BCUT2D eigenvalue weighted by atomic mass is 16.7. The first-order chi connectivity index (χ1) is 20.2. The summed E-state index contributed by atoms with van der Waals surface area (Å²) in [5.41, 5.74) is 4.30. The van der Waals surface area contributed by atoms with Crippen molar-refractivity contribution in [1.82, 2.24) is 10.6 Å². The van der Waals surface area contributed by atoms with Crippen LogP contribution in [0.3, 0.4) is 0 Å². The van der Waals surface area contributed by atoms with Crippen molar-refractivity contribution in [3.63, 3.8) is 0 Å². The number of ketones is 2. The minimum absolute atomic E-state index is 0.00837. The molecule has 42 heavy (non-hydrogen) atoms. The van der Waals surface area contributed by atoms with Crippen molar-refractivity contribution in [2.45, 2.75) is 122 Å². The fourth-order valence-electron chi connectivity index (χ4n) is 7.63. The van der Waals surface area contributed by atoms with Crippen LogP contribution in [0.15, 0.2) is 11.1 Å². The fraction of sp³-hybridized carbons (Fsp3) is 0.848. The number of hydrogen-bond acceptors (Lipinski definition) is 9. The Bertz CT molecular complexity index is 1000. The monoisotopic (exact) mass is 589 g/mol.